The zero-order valence-corrected chi connectivity index (χ0v) is 11.5. The van der Waals surface area contributed by atoms with Crippen molar-refractivity contribution in [1.29, 1.82) is 0 Å². The molecule has 0 radical (unpaired) electrons. The van der Waals surface area contributed by atoms with Gasteiger partial charge in [0.1, 0.15) is 5.82 Å². The van der Waals surface area contributed by atoms with Crippen molar-refractivity contribution in [3.05, 3.63) is 46.9 Å². The molecule has 2 rings (SSSR count). The van der Waals surface area contributed by atoms with Gasteiger partial charge in [0.25, 0.3) is 0 Å². The van der Waals surface area contributed by atoms with E-state index in [1.807, 2.05) is 13.0 Å². The van der Waals surface area contributed by atoms with Crippen LogP contribution in [-0.2, 0) is 0 Å². The van der Waals surface area contributed by atoms with Gasteiger partial charge < -0.3 is 10.8 Å². The van der Waals surface area contributed by atoms with Gasteiger partial charge in [-0.3, -0.25) is 0 Å². The van der Waals surface area contributed by atoms with Gasteiger partial charge in [0.2, 0.25) is 0 Å². The maximum absolute atomic E-state index is 9.13. The summed E-state index contributed by atoms with van der Waals surface area (Å²) in [5, 5.41) is 9.13. The molecule has 4 nitrogen and oxygen atoms in total. The molecule has 0 saturated heterocycles. The Balaban J connectivity index is 2.53. The summed E-state index contributed by atoms with van der Waals surface area (Å²) in [4.78, 5) is 8.75. The van der Waals surface area contributed by atoms with Crippen molar-refractivity contribution in [2.45, 2.75) is 26.8 Å². The Morgan fingerprint density at radius 1 is 1.16 bits per heavy atom. The SMILES string of the molecule is Cc1ccc(-c2cc(C)nc(C(N)CO)n2)c(C)c1. The lowest BCUT2D eigenvalue weighted by molar-refractivity contribution is 0.263. The number of nitrogens with zero attached hydrogens (tertiary/aromatic N) is 2. The van der Waals surface area contributed by atoms with Crippen molar-refractivity contribution < 1.29 is 5.11 Å². The predicted octanol–water partition coefficient (Wildman–Crippen LogP) is 2.06. The van der Waals surface area contributed by atoms with E-state index in [2.05, 4.69) is 42.0 Å². The summed E-state index contributed by atoms with van der Waals surface area (Å²) in [6, 6.07) is 7.64. The van der Waals surface area contributed by atoms with Crippen LogP contribution in [0.4, 0.5) is 0 Å². The molecule has 4 heteroatoms. The molecule has 0 aliphatic heterocycles. The van der Waals surface area contributed by atoms with Gasteiger partial charge in [-0.2, -0.15) is 0 Å². The fourth-order valence-corrected chi connectivity index (χ4v) is 2.08. The van der Waals surface area contributed by atoms with E-state index in [0.29, 0.717) is 5.82 Å². The number of aliphatic hydroxyl groups is 1. The van der Waals surface area contributed by atoms with Crippen LogP contribution >= 0.6 is 0 Å². The second-order valence-corrected chi connectivity index (χ2v) is 4.86. The van der Waals surface area contributed by atoms with Crippen LogP contribution in [0.3, 0.4) is 0 Å². The first kappa shape index (κ1) is 13.6. The zero-order valence-electron chi connectivity index (χ0n) is 11.5. The van der Waals surface area contributed by atoms with Gasteiger partial charge in [-0.05, 0) is 32.4 Å². The minimum absolute atomic E-state index is 0.157. The molecule has 3 N–H and O–H groups in total. The Hall–Kier alpha value is -1.78. The quantitative estimate of drug-likeness (QED) is 0.882. The molecule has 0 bridgehead atoms. The van der Waals surface area contributed by atoms with Crippen molar-refractivity contribution in [3.8, 4) is 11.3 Å². The third kappa shape index (κ3) is 2.97. The Labute approximate surface area is 113 Å². The van der Waals surface area contributed by atoms with Crippen LogP contribution in [0.1, 0.15) is 28.7 Å². The lowest BCUT2D eigenvalue weighted by Gasteiger charge is -2.12. The molecule has 2 aromatic rings. The molecule has 0 fully saturated rings. The number of aliphatic hydroxyl groups excluding tert-OH is 1. The maximum Gasteiger partial charge on any atom is 0.148 e. The van der Waals surface area contributed by atoms with Gasteiger partial charge in [0.15, 0.2) is 0 Å². The predicted molar refractivity (Wildman–Crippen MR) is 75.7 cm³/mol. The summed E-state index contributed by atoms with van der Waals surface area (Å²) in [5.41, 5.74) is 11.0. The topological polar surface area (TPSA) is 72.0 Å². The molecule has 1 heterocycles. The molecule has 0 spiro atoms. The highest BCUT2D eigenvalue weighted by molar-refractivity contribution is 5.64. The van der Waals surface area contributed by atoms with E-state index in [1.165, 1.54) is 11.1 Å². The van der Waals surface area contributed by atoms with E-state index in [4.69, 9.17) is 10.8 Å². The van der Waals surface area contributed by atoms with Crippen LogP contribution in [0.25, 0.3) is 11.3 Å². The molecule has 1 aromatic carbocycles. The monoisotopic (exact) mass is 257 g/mol. The Kier molecular flexibility index (Phi) is 3.93. The summed E-state index contributed by atoms with van der Waals surface area (Å²) in [5.74, 6) is 0.484. The Bertz CT molecular complexity index is 596. The Morgan fingerprint density at radius 2 is 1.89 bits per heavy atom. The summed E-state index contributed by atoms with van der Waals surface area (Å²) in [7, 11) is 0. The van der Waals surface area contributed by atoms with Gasteiger partial charge >= 0.3 is 0 Å². The second kappa shape index (κ2) is 5.47. The van der Waals surface area contributed by atoms with Crippen molar-refractivity contribution in [1.82, 2.24) is 9.97 Å². The van der Waals surface area contributed by atoms with Crippen molar-refractivity contribution in [3.63, 3.8) is 0 Å². The highest BCUT2D eigenvalue weighted by atomic mass is 16.3. The summed E-state index contributed by atoms with van der Waals surface area (Å²) >= 11 is 0. The lowest BCUT2D eigenvalue weighted by Crippen LogP contribution is -2.18. The van der Waals surface area contributed by atoms with Crippen LogP contribution in [0.2, 0.25) is 0 Å². The van der Waals surface area contributed by atoms with E-state index in [-0.39, 0.29) is 6.61 Å². The zero-order chi connectivity index (χ0) is 14.0. The van der Waals surface area contributed by atoms with Crippen LogP contribution in [-0.4, -0.2) is 21.7 Å². The molecule has 1 aromatic heterocycles. The molecular formula is C15H19N3O. The van der Waals surface area contributed by atoms with Crippen LogP contribution in [0.15, 0.2) is 24.3 Å². The highest BCUT2D eigenvalue weighted by Crippen LogP contribution is 2.23. The van der Waals surface area contributed by atoms with Gasteiger partial charge in [0.05, 0.1) is 18.3 Å². The van der Waals surface area contributed by atoms with E-state index in [9.17, 15) is 0 Å². The first-order valence-corrected chi connectivity index (χ1v) is 6.31. The second-order valence-electron chi connectivity index (χ2n) is 4.86. The molecule has 0 saturated carbocycles. The van der Waals surface area contributed by atoms with E-state index >= 15 is 0 Å². The molecule has 1 atom stereocenters. The third-order valence-electron chi connectivity index (χ3n) is 3.06. The average Bonchev–Trinajstić information content (AvgIpc) is 2.37. The number of rotatable bonds is 3. The first-order chi connectivity index (χ1) is 9.01. The summed E-state index contributed by atoms with van der Waals surface area (Å²) in [6.45, 7) is 5.87. The van der Waals surface area contributed by atoms with E-state index in [0.717, 1.165) is 17.0 Å². The number of aromatic nitrogens is 2. The highest BCUT2D eigenvalue weighted by Gasteiger charge is 2.12. The van der Waals surface area contributed by atoms with Crippen LogP contribution in [0, 0.1) is 20.8 Å². The normalized spacial score (nSPS) is 12.5. The number of nitrogens with two attached hydrogens (primary N) is 1. The minimum Gasteiger partial charge on any atom is -0.394 e. The van der Waals surface area contributed by atoms with Crippen molar-refractivity contribution >= 4 is 0 Å². The number of hydrogen-bond donors (Lipinski definition) is 2. The number of benzene rings is 1. The Morgan fingerprint density at radius 3 is 2.53 bits per heavy atom. The van der Waals surface area contributed by atoms with Crippen LogP contribution in [0.5, 0.6) is 0 Å². The summed E-state index contributed by atoms with van der Waals surface area (Å²) < 4.78 is 0. The number of hydrogen-bond acceptors (Lipinski definition) is 4. The maximum atomic E-state index is 9.13. The fraction of sp³-hybridized carbons (Fsp3) is 0.333. The molecule has 100 valence electrons. The molecule has 0 amide bonds. The van der Waals surface area contributed by atoms with E-state index in [1.54, 1.807) is 0 Å². The minimum atomic E-state index is -0.538. The van der Waals surface area contributed by atoms with E-state index < -0.39 is 6.04 Å². The first-order valence-electron chi connectivity index (χ1n) is 6.31. The molecule has 0 aliphatic rings. The van der Waals surface area contributed by atoms with Crippen molar-refractivity contribution in [2.75, 3.05) is 6.61 Å². The third-order valence-corrected chi connectivity index (χ3v) is 3.06. The van der Waals surface area contributed by atoms with Gasteiger partial charge in [-0.25, -0.2) is 9.97 Å². The average molecular weight is 257 g/mol. The van der Waals surface area contributed by atoms with Crippen molar-refractivity contribution in [2.24, 2.45) is 5.73 Å². The fourth-order valence-electron chi connectivity index (χ4n) is 2.08. The van der Waals surface area contributed by atoms with Gasteiger partial charge in [0, 0.05) is 11.3 Å². The molecule has 0 aliphatic carbocycles. The van der Waals surface area contributed by atoms with Gasteiger partial charge in [-0.15, -0.1) is 0 Å². The lowest BCUT2D eigenvalue weighted by atomic mass is 10.0. The smallest absolute Gasteiger partial charge is 0.148 e. The molecule has 19 heavy (non-hydrogen) atoms. The molecular weight excluding hydrogens is 238 g/mol. The number of aryl methyl sites for hydroxylation is 3. The van der Waals surface area contributed by atoms with Crippen LogP contribution < -0.4 is 5.73 Å². The van der Waals surface area contributed by atoms with Gasteiger partial charge in [-0.1, -0.05) is 23.8 Å². The standard InChI is InChI=1S/C15H19N3O/c1-9-4-5-12(10(2)6-9)14-7-11(3)17-15(18-14)13(16)8-19/h4-7,13,19H,8,16H2,1-3H3. The largest absolute Gasteiger partial charge is 0.394 e. The molecule has 1 unspecified atom stereocenters. The summed E-state index contributed by atoms with van der Waals surface area (Å²) in [6.07, 6.45) is 0.